The van der Waals surface area contributed by atoms with Crippen LogP contribution in [-0.2, 0) is 6.54 Å². The van der Waals surface area contributed by atoms with Crippen molar-refractivity contribution in [2.75, 3.05) is 12.4 Å². The highest BCUT2D eigenvalue weighted by molar-refractivity contribution is 6.33. The van der Waals surface area contributed by atoms with Crippen molar-refractivity contribution in [3.63, 3.8) is 0 Å². The Morgan fingerprint density at radius 2 is 2.26 bits per heavy atom. The number of nitrogens with one attached hydrogen (secondary N) is 2. The fraction of sp³-hybridized carbons (Fsp3) is 0.154. The summed E-state index contributed by atoms with van der Waals surface area (Å²) in [6.07, 6.45) is 4.87. The second-order valence-corrected chi connectivity index (χ2v) is 4.26. The van der Waals surface area contributed by atoms with Gasteiger partial charge in [-0.15, -0.1) is 0 Å². The third-order valence-electron chi connectivity index (χ3n) is 2.52. The SMILES string of the molecule is CNc1ncc(C(=O)NCc2cccnc2)cc1Cl. The van der Waals surface area contributed by atoms with Crippen LogP contribution in [0.1, 0.15) is 15.9 Å². The van der Waals surface area contributed by atoms with Gasteiger partial charge in [0.15, 0.2) is 0 Å². The Labute approximate surface area is 116 Å². The summed E-state index contributed by atoms with van der Waals surface area (Å²) in [5.41, 5.74) is 1.36. The van der Waals surface area contributed by atoms with E-state index in [1.807, 2.05) is 12.1 Å². The van der Waals surface area contributed by atoms with Crippen molar-refractivity contribution in [1.29, 1.82) is 0 Å². The molecule has 0 aliphatic rings. The van der Waals surface area contributed by atoms with Crippen LogP contribution < -0.4 is 10.6 Å². The topological polar surface area (TPSA) is 66.9 Å². The van der Waals surface area contributed by atoms with Crippen LogP contribution in [0.5, 0.6) is 0 Å². The minimum atomic E-state index is -0.221. The van der Waals surface area contributed by atoms with Crippen LogP contribution in [-0.4, -0.2) is 22.9 Å². The highest BCUT2D eigenvalue weighted by Crippen LogP contribution is 2.19. The average Bonchev–Trinajstić information content (AvgIpc) is 2.45. The van der Waals surface area contributed by atoms with Crippen LogP contribution in [0, 0.1) is 0 Å². The Bertz CT molecular complexity index is 574. The number of hydrogen-bond donors (Lipinski definition) is 2. The molecule has 19 heavy (non-hydrogen) atoms. The van der Waals surface area contributed by atoms with Gasteiger partial charge in [-0.3, -0.25) is 9.78 Å². The number of anilines is 1. The minimum absolute atomic E-state index is 0.221. The molecule has 0 bridgehead atoms. The van der Waals surface area contributed by atoms with Crippen LogP contribution in [0.2, 0.25) is 5.02 Å². The lowest BCUT2D eigenvalue weighted by molar-refractivity contribution is 0.0950. The third-order valence-corrected chi connectivity index (χ3v) is 2.80. The van der Waals surface area contributed by atoms with E-state index in [0.29, 0.717) is 22.9 Å². The van der Waals surface area contributed by atoms with Crippen molar-refractivity contribution in [1.82, 2.24) is 15.3 Å². The Hall–Kier alpha value is -2.14. The van der Waals surface area contributed by atoms with Crippen molar-refractivity contribution >= 4 is 23.3 Å². The number of aromatic nitrogens is 2. The number of amides is 1. The lowest BCUT2D eigenvalue weighted by Gasteiger charge is -2.07. The van der Waals surface area contributed by atoms with Gasteiger partial charge in [0, 0.05) is 32.2 Å². The van der Waals surface area contributed by atoms with Crippen molar-refractivity contribution in [2.45, 2.75) is 6.54 Å². The summed E-state index contributed by atoms with van der Waals surface area (Å²) < 4.78 is 0. The van der Waals surface area contributed by atoms with Gasteiger partial charge in [-0.05, 0) is 17.7 Å². The summed E-state index contributed by atoms with van der Waals surface area (Å²) in [7, 11) is 1.72. The van der Waals surface area contributed by atoms with Gasteiger partial charge in [-0.25, -0.2) is 4.98 Å². The molecule has 2 aromatic heterocycles. The Morgan fingerprint density at radius 3 is 2.89 bits per heavy atom. The monoisotopic (exact) mass is 276 g/mol. The molecule has 0 saturated heterocycles. The van der Waals surface area contributed by atoms with Gasteiger partial charge < -0.3 is 10.6 Å². The fourth-order valence-electron chi connectivity index (χ4n) is 1.53. The molecule has 0 aromatic carbocycles. The molecule has 5 nitrogen and oxygen atoms in total. The van der Waals surface area contributed by atoms with Crippen LogP contribution in [0.25, 0.3) is 0 Å². The lowest BCUT2D eigenvalue weighted by Crippen LogP contribution is -2.23. The first-order valence-corrected chi connectivity index (χ1v) is 6.09. The molecule has 6 heteroatoms. The van der Waals surface area contributed by atoms with E-state index in [0.717, 1.165) is 5.56 Å². The van der Waals surface area contributed by atoms with Crippen molar-refractivity contribution in [3.05, 3.63) is 52.9 Å². The molecule has 0 fully saturated rings. The Balaban J connectivity index is 2.02. The highest BCUT2D eigenvalue weighted by atomic mass is 35.5. The molecule has 0 aliphatic carbocycles. The molecule has 98 valence electrons. The molecule has 2 heterocycles. The molecule has 0 atom stereocenters. The minimum Gasteiger partial charge on any atom is -0.372 e. The summed E-state index contributed by atoms with van der Waals surface area (Å²) in [6, 6.07) is 5.29. The second kappa shape index (κ2) is 6.15. The predicted molar refractivity (Wildman–Crippen MR) is 74.2 cm³/mol. The van der Waals surface area contributed by atoms with Gasteiger partial charge in [-0.2, -0.15) is 0 Å². The molecule has 0 unspecified atom stereocenters. The largest absolute Gasteiger partial charge is 0.372 e. The maximum atomic E-state index is 11.9. The van der Waals surface area contributed by atoms with Gasteiger partial charge in [-0.1, -0.05) is 17.7 Å². The van der Waals surface area contributed by atoms with Gasteiger partial charge in [0.2, 0.25) is 0 Å². The van der Waals surface area contributed by atoms with E-state index in [-0.39, 0.29) is 5.91 Å². The van der Waals surface area contributed by atoms with E-state index >= 15 is 0 Å². The van der Waals surface area contributed by atoms with E-state index in [9.17, 15) is 4.79 Å². The first-order valence-electron chi connectivity index (χ1n) is 5.71. The van der Waals surface area contributed by atoms with E-state index < -0.39 is 0 Å². The highest BCUT2D eigenvalue weighted by Gasteiger charge is 2.09. The van der Waals surface area contributed by atoms with Crippen LogP contribution >= 0.6 is 11.6 Å². The normalized spacial score (nSPS) is 10.0. The average molecular weight is 277 g/mol. The van der Waals surface area contributed by atoms with Crippen molar-refractivity contribution < 1.29 is 4.79 Å². The van der Waals surface area contributed by atoms with Gasteiger partial charge in [0.05, 0.1) is 10.6 Å². The zero-order chi connectivity index (χ0) is 13.7. The Morgan fingerprint density at radius 1 is 1.42 bits per heavy atom. The van der Waals surface area contributed by atoms with Crippen LogP contribution in [0.3, 0.4) is 0 Å². The maximum Gasteiger partial charge on any atom is 0.253 e. The Kier molecular flexibility index (Phi) is 4.30. The van der Waals surface area contributed by atoms with Crippen molar-refractivity contribution in [2.24, 2.45) is 0 Å². The molecule has 2 rings (SSSR count). The molecular weight excluding hydrogens is 264 g/mol. The zero-order valence-corrected chi connectivity index (χ0v) is 11.1. The summed E-state index contributed by atoms with van der Waals surface area (Å²) in [4.78, 5) is 20.0. The van der Waals surface area contributed by atoms with E-state index in [1.54, 1.807) is 25.5 Å². The summed E-state index contributed by atoms with van der Waals surface area (Å²) in [5.74, 6) is 0.325. The number of hydrogen-bond acceptors (Lipinski definition) is 4. The molecule has 0 spiro atoms. The molecule has 2 N–H and O–H groups in total. The second-order valence-electron chi connectivity index (χ2n) is 3.85. The smallest absolute Gasteiger partial charge is 0.253 e. The number of nitrogens with zero attached hydrogens (tertiary/aromatic N) is 2. The van der Waals surface area contributed by atoms with Crippen LogP contribution in [0.15, 0.2) is 36.8 Å². The number of pyridine rings is 2. The van der Waals surface area contributed by atoms with Gasteiger partial charge in [0.25, 0.3) is 5.91 Å². The molecule has 0 aliphatic heterocycles. The van der Waals surface area contributed by atoms with Gasteiger partial charge >= 0.3 is 0 Å². The van der Waals surface area contributed by atoms with Crippen molar-refractivity contribution in [3.8, 4) is 0 Å². The zero-order valence-electron chi connectivity index (χ0n) is 10.4. The quantitative estimate of drug-likeness (QED) is 0.897. The molecule has 0 saturated carbocycles. The lowest BCUT2D eigenvalue weighted by atomic mass is 10.2. The number of carbonyl (C=O) groups excluding carboxylic acids is 1. The first-order chi connectivity index (χ1) is 9.20. The number of rotatable bonds is 4. The fourth-order valence-corrected chi connectivity index (χ4v) is 1.79. The number of carbonyl (C=O) groups is 1. The third kappa shape index (κ3) is 3.42. The molecular formula is C13H13ClN4O. The van der Waals surface area contributed by atoms with E-state index in [4.69, 9.17) is 11.6 Å². The van der Waals surface area contributed by atoms with E-state index in [2.05, 4.69) is 20.6 Å². The first kappa shape index (κ1) is 13.3. The van der Waals surface area contributed by atoms with E-state index in [1.165, 1.54) is 6.20 Å². The molecule has 2 aromatic rings. The summed E-state index contributed by atoms with van der Waals surface area (Å²) >= 11 is 5.98. The molecule has 1 amide bonds. The predicted octanol–water partition coefficient (Wildman–Crippen LogP) is 2.10. The number of halogens is 1. The van der Waals surface area contributed by atoms with Crippen LogP contribution in [0.4, 0.5) is 5.82 Å². The summed E-state index contributed by atoms with van der Waals surface area (Å²) in [6.45, 7) is 0.415. The van der Waals surface area contributed by atoms with Gasteiger partial charge in [0.1, 0.15) is 5.82 Å². The standard InChI is InChI=1S/C13H13ClN4O/c1-15-12-11(14)5-10(8-17-12)13(19)18-7-9-3-2-4-16-6-9/h2-6,8H,7H2,1H3,(H,15,17)(H,18,19). The summed E-state index contributed by atoms with van der Waals surface area (Å²) in [5, 5.41) is 6.03. The maximum absolute atomic E-state index is 11.9. The molecule has 0 radical (unpaired) electrons.